The molecule has 1 aliphatic carbocycles. The topological polar surface area (TPSA) is 41.5 Å². The van der Waals surface area contributed by atoms with E-state index in [2.05, 4.69) is 5.32 Å². The molecule has 0 saturated heterocycles. The minimum absolute atomic E-state index is 0.0768. The largest absolute Gasteiger partial charge is 0.497 e. The smallest absolute Gasteiger partial charge is 0.282 e. The molecule has 5 heteroatoms. The molecule has 2 N–H and O–H groups in total. The lowest BCUT2D eigenvalue weighted by Crippen LogP contribution is -2.38. The van der Waals surface area contributed by atoms with Crippen molar-refractivity contribution in [2.45, 2.75) is 31.2 Å². The maximum absolute atomic E-state index is 13.1. The molecule has 2 rings (SSSR count). The number of aryl methyl sites for hydroxylation is 1. The average molecular weight is 271 g/mol. The second-order valence-corrected chi connectivity index (χ2v) is 4.90. The van der Waals surface area contributed by atoms with E-state index in [1.807, 2.05) is 18.2 Å². The molecule has 0 fully saturated rings. The Morgan fingerprint density at radius 3 is 2.95 bits per heavy atom. The summed E-state index contributed by atoms with van der Waals surface area (Å²) in [6.07, 6.45) is 2.74. The Bertz CT molecular complexity index is 437. The fourth-order valence-corrected chi connectivity index (χ4v) is 2.46. The van der Waals surface area contributed by atoms with E-state index in [1.54, 1.807) is 7.11 Å². The van der Waals surface area contributed by atoms with Gasteiger partial charge in [0.1, 0.15) is 12.4 Å². The number of aliphatic hydroxyl groups excluding tert-OH is 1. The fraction of sp³-hybridized carbons (Fsp3) is 0.571. The van der Waals surface area contributed by atoms with E-state index in [-0.39, 0.29) is 6.04 Å². The highest BCUT2D eigenvalue weighted by Crippen LogP contribution is 2.32. The zero-order valence-corrected chi connectivity index (χ0v) is 11.0. The molecule has 0 aromatic heterocycles. The first kappa shape index (κ1) is 14.2. The van der Waals surface area contributed by atoms with Crippen LogP contribution in [0.2, 0.25) is 0 Å². The number of alkyl halides is 2. The number of fused-ring (bicyclic) bond motifs is 1. The molecule has 3 nitrogen and oxygen atoms in total. The van der Waals surface area contributed by atoms with Gasteiger partial charge >= 0.3 is 0 Å². The zero-order chi connectivity index (χ0) is 13.9. The van der Waals surface area contributed by atoms with Crippen LogP contribution in [-0.2, 0) is 6.42 Å². The number of hydrogen-bond acceptors (Lipinski definition) is 3. The van der Waals surface area contributed by atoms with Crippen molar-refractivity contribution in [2.24, 2.45) is 0 Å². The molecule has 0 spiro atoms. The van der Waals surface area contributed by atoms with Gasteiger partial charge in [0.15, 0.2) is 0 Å². The van der Waals surface area contributed by atoms with Gasteiger partial charge in [-0.05, 0) is 42.5 Å². The number of halogens is 2. The van der Waals surface area contributed by atoms with Crippen molar-refractivity contribution in [2.75, 3.05) is 20.3 Å². The first-order chi connectivity index (χ1) is 9.05. The van der Waals surface area contributed by atoms with Crippen LogP contribution in [0.25, 0.3) is 0 Å². The highest BCUT2D eigenvalue weighted by atomic mass is 19.3. The van der Waals surface area contributed by atoms with Crippen molar-refractivity contribution in [3.63, 3.8) is 0 Å². The van der Waals surface area contributed by atoms with E-state index in [0.717, 1.165) is 36.1 Å². The number of nitrogens with one attached hydrogen (secondary N) is 1. The van der Waals surface area contributed by atoms with Crippen LogP contribution >= 0.6 is 0 Å². The van der Waals surface area contributed by atoms with E-state index in [1.165, 1.54) is 0 Å². The second-order valence-electron chi connectivity index (χ2n) is 4.90. The van der Waals surface area contributed by atoms with Gasteiger partial charge in [0, 0.05) is 6.04 Å². The molecule has 0 saturated carbocycles. The van der Waals surface area contributed by atoms with Crippen LogP contribution in [-0.4, -0.2) is 31.3 Å². The highest BCUT2D eigenvalue weighted by molar-refractivity contribution is 5.39. The summed E-state index contributed by atoms with van der Waals surface area (Å²) in [5.74, 6) is -2.27. The van der Waals surface area contributed by atoms with Crippen molar-refractivity contribution in [1.82, 2.24) is 5.32 Å². The number of ether oxygens (including phenoxy) is 1. The Balaban J connectivity index is 2.09. The van der Waals surface area contributed by atoms with Crippen molar-refractivity contribution >= 4 is 0 Å². The van der Waals surface area contributed by atoms with E-state index < -0.39 is 19.1 Å². The Hall–Kier alpha value is -1.20. The van der Waals surface area contributed by atoms with Crippen LogP contribution < -0.4 is 10.1 Å². The molecule has 0 amide bonds. The summed E-state index contributed by atoms with van der Waals surface area (Å²) in [6.45, 7) is -1.62. The Morgan fingerprint density at radius 2 is 2.26 bits per heavy atom. The third-order valence-electron chi connectivity index (χ3n) is 3.50. The molecule has 1 aromatic carbocycles. The minimum atomic E-state index is -3.07. The summed E-state index contributed by atoms with van der Waals surface area (Å²) in [6, 6.07) is 5.67. The molecule has 0 heterocycles. The van der Waals surface area contributed by atoms with E-state index >= 15 is 0 Å². The Kier molecular flexibility index (Phi) is 4.37. The van der Waals surface area contributed by atoms with E-state index in [9.17, 15) is 8.78 Å². The highest BCUT2D eigenvalue weighted by Gasteiger charge is 2.30. The predicted octanol–water partition coefficient (Wildman–Crippen LogP) is 2.29. The van der Waals surface area contributed by atoms with Gasteiger partial charge in [0.05, 0.1) is 13.7 Å². The third kappa shape index (κ3) is 3.42. The Morgan fingerprint density at radius 1 is 1.47 bits per heavy atom. The normalized spacial score (nSPS) is 19.1. The second kappa shape index (κ2) is 5.84. The molecule has 1 atom stereocenters. The number of rotatable bonds is 5. The number of methoxy groups -OCH3 is 1. The summed E-state index contributed by atoms with van der Waals surface area (Å²) in [7, 11) is 1.61. The van der Waals surface area contributed by atoms with Gasteiger partial charge in [-0.15, -0.1) is 0 Å². The van der Waals surface area contributed by atoms with Crippen LogP contribution in [0.3, 0.4) is 0 Å². The van der Waals surface area contributed by atoms with Gasteiger partial charge < -0.3 is 15.2 Å². The van der Waals surface area contributed by atoms with Crippen molar-refractivity contribution in [3.8, 4) is 5.75 Å². The molecular formula is C14H19F2NO2. The summed E-state index contributed by atoms with van der Waals surface area (Å²) in [5.41, 5.74) is 2.20. The van der Waals surface area contributed by atoms with Gasteiger partial charge in [0.2, 0.25) is 0 Å². The first-order valence-corrected chi connectivity index (χ1v) is 6.44. The quantitative estimate of drug-likeness (QED) is 0.863. The van der Waals surface area contributed by atoms with E-state index in [0.29, 0.717) is 0 Å². The van der Waals surface area contributed by atoms with Gasteiger partial charge in [-0.1, -0.05) is 6.07 Å². The van der Waals surface area contributed by atoms with Crippen LogP contribution in [0.4, 0.5) is 8.78 Å². The summed E-state index contributed by atoms with van der Waals surface area (Å²) < 4.78 is 31.3. The van der Waals surface area contributed by atoms with Crippen molar-refractivity contribution in [3.05, 3.63) is 29.3 Å². The molecular weight excluding hydrogens is 252 g/mol. The molecule has 0 bridgehead atoms. The molecule has 1 unspecified atom stereocenters. The van der Waals surface area contributed by atoms with Crippen LogP contribution in [0.15, 0.2) is 18.2 Å². The van der Waals surface area contributed by atoms with Crippen molar-refractivity contribution < 1.29 is 18.6 Å². The molecule has 0 aliphatic heterocycles. The molecule has 106 valence electrons. The zero-order valence-electron chi connectivity index (χ0n) is 11.0. The monoisotopic (exact) mass is 271 g/mol. The standard InChI is InChI=1S/C14H19F2NO2/c1-19-11-5-6-12-10(7-11)3-2-4-13(12)17-8-14(15,16)9-18/h5-7,13,17-18H,2-4,8-9H2,1H3. The van der Waals surface area contributed by atoms with Crippen LogP contribution in [0.5, 0.6) is 5.75 Å². The minimum Gasteiger partial charge on any atom is -0.497 e. The van der Waals surface area contributed by atoms with Crippen molar-refractivity contribution in [1.29, 1.82) is 0 Å². The summed E-state index contributed by atoms with van der Waals surface area (Å²) in [4.78, 5) is 0. The Labute approximate surface area is 111 Å². The van der Waals surface area contributed by atoms with Crippen LogP contribution in [0.1, 0.15) is 30.0 Å². The number of hydrogen-bond donors (Lipinski definition) is 2. The predicted molar refractivity (Wildman–Crippen MR) is 68.7 cm³/mol. The first-order valence-electron chi connectivity index (χ1n) is 6.44. The molecule has 1 aliphatic rings. The SMILES string of the molecule is COc1ccc2c(c1)CCCC2NCC(F)(F)CO. The van der Waals surface area contributed by atoms with Gasteiger partial charge in [-0.25, -0.2) is 8.78 Å². The fourth-order valence-electron chi connectivity index (χ4n) is 2.46. The van der Waals surface area contributed by atoms with Gasteiger partial charge in [-0.3, -0.25) is 0 Å². The average Bonchev–Trinajstić information content (AvgIpc) is 2.44. The lowest BCUT2D eigenvalue weighted by atomic mass is 9.87. The molecule has 19 heavy (non-hydrogen) atoms. The molecule has 1 aromatic rings. The number of benzene rings is 1. The van der Waals surface area contributed by atoms with Crippen LogP contribution in [0, 0.1) is 0 Å². The number of aliphatic hydroxyl groups is 1. The summed E-state index contributed by atoms with van der Waals surface area (Å²) >= 11 is 0. The third-order valence-corrected chi connectivity index (χ3v) is 3.50. The lowest BCUT2D eigenvalue weighted by molar-refractivity contribution is -0.0496. The maximum atomic E-state index is 13.1. The molecule has 0 radical (unpaired) electrons. The van der Waals surface area contributed by atoms with Gasteiger partial charge in [-0.2, -0.15) is 0 Å². The maximum Gasteiger partial charge on any atom is 0.282 e. The van der Waals surface area contributed by atoms with E-state index in [4.69, 9.17) is 9.84 Å². The van der Waals surface area contributed by atoms with Gasteiger partial charge in [0.25, 0.3) is 5.92 Å². The lowest BCUT2D eigenvalue weighted by Gasteiger charge is -2.28. The summed E-state index contributed by atoms with van der Waals surface area (Å²) in [5, 5.41) is 11.4.